The van der Waals surface area contributed by atoms with Crippen molar-refractivity contribution >= 4 is 0 Å². The van der Waals surface area contributed by atoms with Gasteiger partial charge in [-0.2, -0.15) is 0 Å². The Labute approximate surface area is 130 Å². The van der Waals surface area contributed by atoms with Crippen LogP contribution in [0.1, 0.15) is 83.1 Å². The van der Waals surface area contributed by atoms with Crippen LogP contribution in [0.3, 0.4) is 0 Å². The van der Waals surface area contributed by atoms with Gasteiger partial charge in [0.15, 0.2) is 0 Å². The molecule has 0 aliphatic rings. The van der Waals surface area contributed by atoms with Crippen molar-refractivity contribution in [3.63, 3.8) is 0 Å². The molecule has 0 radical (unpaired) electrons. The monoisotopic (exact) mass is 288 g/mol. The van der Waals surface area contributed by atoms with E-state index < -0.39 is 0 Å². The minimum absolute atomic E-state index is 0.208. The van der Waals surface area contributed by atoms with Gasteiger partial charge in [0, 0.05) is 12.0 Å². The third-order valence-electron chi connectivity index (χ3n) is 3.71. The van der Waals surface area contributed by atoms with Gasteiger partial charge in [-0.3, -0.25) is 0 Å². The van der Waals surface area contributed by atoms with Crippen LogP contribution in [-0.4, -0.2) is 0 Å². The molecular formula is C20H29F. The largest absolute Gasteiger partial charge is 0.207 e. The molecule has 0 fully saturated rings. The van der Waals surface area contributed by atoms with E-state index >= 15 is 0 Å². The number of hydrogen-bond donors (Lipinski definition) is 0. The summed E-state index contributed by atoms with van der Waals surface area (Å²) in [7, 11) is 0. The molecule has 21 heavy (non-hydrogen) atoms. The highest BCUT2D eigenvalue weighted by Crippen LogP contribution is 2.11. The number of unbranched alkanes of at least 4 members (excludes halogenated alkanes) is 10. The van der Waals surface area contributed by atoms with Crippen LogP contribution in [-0.2, 0) is 0 Å². The highest BCUT2D eigenvalue weighted by molar-refractivity contribution is 5.34. The van der Waals surface area contributed by atoms with Crippen molar-refractivity contribution in [2.24, 2.45) is 0 Å². The van der Waals surface area contributed by atoms with Gasteiger partial charge in [-0.15, -0.1) is 0 Å². The second-order valence-electron chi connectivity index (χ2n) is 5.74. The Morgan fingerprint density at radius 1 is 0.857 bits per heavy atom. The van der Waals surface area contributed by atoms with Gasteiger partial charge >= 0.3 is 0 Å². The molecule has 1 aromatic carbocycles. The zero-order valence-electron chi connectivity index (χ0n) is 13.5. The quantitative estimate of drug-likeness (QED) is 0.341. The van der Waals surface area contributed by atoms with E-state index in [1.54, 1.807) is 6.07 Å². The molecule has 0 heterocycles. The fraction of sp³-hybridized carbons (Fsp3) is 0.600. The van der Waals surface area contributed by atoms with Gasteiger partial charge in [0.2, 0.25) is 0 Å². The van der Waals surface area contributed by atoms with Gasteiger partial charge in [0.1, 0.15) is 5.82 Å². The van der Waals surface area contributed by atoms with Crippen molar-refractivity contribution in [3.05, 3.63) is 35.6 Å². The molecule has 0 aliphatic heterocycles. The molecule has 0 saturated heterocycles. The lowest BCUT2D eigenvalue weighted by Crippen LogP contribution is -1.81. The fourth-order valence-corrected chi connectivity index (χ4v) is 2.43. The molecule has 1 heteroatoms. The van der Waals surface area contributed by atoms with Gasteiger partial charge in [0.05, 0.1) is 0 Å². The van der Waals surface area contributed by atoms with Gasteiger partial charge in [0.25, 0.3) is 0 Å². The van der Waals surface area contributed by atoms with Crippen LogP contribution in [0.4, 0.5) is 4.39 Å². The molecule has 0 bridgehead atoms. The van der Waals surface area contributed by atoms with Crippen LogP contribution in [0.2, 0.25) is 0 Å². The van der Waals surface area contributed by atoms with E-state index in [-0.39, 0.29) is 5.82 Å². The second kappa shape index (κ2) is 12.5. The Kier molecular flexibility index (Phi) is 10.5. The van der Waals surface area contributed by atoms with E-state index in [2.05, 4.69) is 18.8 Å². The van der Waals surface area contributed by atoms with E-state index in [4.69, 9.17) is 0 Å². The van der Waals surface area contributed by atoms with Crippen molar-refractivity contribution in [3.8, 4) is 11.8 Å². The number of benzene rings is 1. The van der Waals surface area contributed by atoms with Crippen LogP contribution in [0.15, 0.2) is 24.3 Å². The van der Waals surface area contributed by atoms with E-state index in [1.165, 1.54) is 69.9 Å². The lowest BCUT2D eigenvalue weighted by molar-refractivity contribution is 0.558. The summed E-state index contributed by atoms with van der Waals surface area (Å²) < 4.78 is 12.9. The van der Waals surface area contributed by atoms with Gasteiger partial charge in [-0.1, -0.05) is 82.6 Å². The van der Waals surface area contributed by atoms with E-state index in [1.807, 2.05) is 6.07 Å². The smallest absolute Gasteiger partial charge is 0.124 e. The zero-order valence-corrected chi connectivity index (χ0v) is 13.5. The van der Waals surface area contributed by atoms with Crippen molar-refractivity contribution in [1.82, 2.24) is 0 Å². The Balaban J connectivity index is 1.93. The van der Waals surface area contributed by atoms with E-state index in [0.717, 1.165) is 18.4 Å². The van der Waals surface area contributed by atoms with Gasteiger partial charge in [-0.05, 0) is 24.6 Å². The summed E-state index contributed by atoms with van der Waals surface area (Å²) in [6.45, 7) is 2.26. The predicted octanol–water partition coefficient (Wildman–Crippen LogP) is 6.49. The maximum atomic E-state index is 12.9. The maximum Gasteiger partial charge on any atom is 0.124 e. The summed E-state index contributed by atoms with van der Waals surface area (Å²) in [5.74, 6) is 5.96. The first kappa shape index (κ1) is 17.8. The zero-order chi connectivity index (χ0) is 15.2. The number of rotatable bonds is 10. The van der Waals surface area contributed by atoms with Crippen LogP contribution < -0.4 is 0 Å². The molecule has 116 valence electrons. The van der Waals surface area contributed by atoms with Crippen LogP contribution in [0.25, 0.3) is 0 Å². The molecule has 0 saturated carbocycles. The molecular weight excluding hydrogens is 259 g/mol. The standard InChI is InChI=1S/C20H29F/c1-2-3-4-5-6-7-8-9-10-11-12-13-15-19-16-14-17-20(21)18-19/h14,16-18H,2-12H2,1H3. The predicted molar refractivity (Wildman–Crippen MR) is 89.7 cm³/mol. The highest BCUT2D eigenvalue weighted by atomic mass is 19.1. The Bertz CT molecular complexity index is 425. The summed E-state index contributed by atoms with van der Waals surface area (Å²) in [5, 5.41) is 0. The fourth-order valence-electron chi connectivity index (χ4n) is 2.43. The summed E-state index contributed by atoms with van der Waals surface area (Å²) in [6, 6.07) is 6.51. The highest BCUT2D eigenvalue weighted by Gasteiger charge is 1.92. The molecule has 0 N–H and O–H groups in total. The molecule has 0 nitrogen and oxygen atoms in total. The normalized spacial score (nSPS) is 10.2. The van der Waals surface area contributed by atoms with Crippen molar-refractivity contribution in [2.75, 3.05) is 0 Å². The average molecular weight is 288 g/mol. The Morgan fingerprint density at radius 2 is 1.48 bits per heavy atom. The third-order valence-corrected chi connectivity index (χ3v) is 3.71. The first-order chi connectivity index (χ1) is 10.3. The van der Waals surface area contributed by atoms with Crippen molar-refractivity contribution in [1.29, 1.82) is 0 Å². The average Bonchev–Trinajstić information content (AvgIpc) is 2.48. The lowest BCUT2D eigenvalue weighted by Gasteiger charge is -2.00. The molecule has 0 amide bonds. The lowest BCUT2D eigenvalue weighted by atomic mass is 10.1. The topological polar surface area (TPSA) is 0 Å². The minimum atomic E-state index is -0.208. The maximum absolute atomic E-state index is 12.9. The van der Waals surface area contributed by atoms with Crippen LogP contribution >= 0.6 is 0 Å². The van der Waals surface area contributed by atoms with Crippen molar-refractivity contribution in [2.45, 2.75) is 77.6 Å². The molecule has 0 aliphatic carbocycles. The van der Waals surface area contributed by atoms with Gasteiger partial charge < -0.3 is 0 Å². The molecule has 1 rings (SSSR count). The first-order valence-electron chi connectivity index (χ1n) is 8.57. The third kappa shape index (κ3) is 10.1. The minimum Gasteiger partial charge on any atom is -0.207 e. The Hall–Kier alpha value is -1.29. The number of halogens is 1. The van der Waals surface area contributed by atoms with Crippen LogP contribution in [0.5, 0.6) is 0 Å². The van der Waals surface area contributed by atoms with E-state index in [9.17, 15) is 4.39 Å². The summed E-state index contributed by atoms with van der Waals surface area (Å²) in [4.78, 5) is 0. The second-order valence-corrected chi connectivity index (χ2v) is 5.74. The summed E-state index contributed by atoms with van der Waals surface area (Å²) >= 11 is 0. The molecule has 1 aromatic rings. The summed E-state index contributed by atoms with van der Waals surface area (Å²) in [5.41, 5.74) is 0.780. The van der Waals surface area contributed by atoms with E-state index in [0.29, 0.717) is 0 Å². The molecule has 0 spiro atoms. The van der Waals surface area contributed by atoms with Crippen LogP contribution in [0, 0.1) is 17.7 Å². The molecule has 0 atom stereocenters. The van der Waals surface area contributed by atoms with Crippen molar-refractivity contribution < 1.29 is 4.39 Å². The Morgan fingerprint density at radius 3 is 2.10 bits per heavy atom. The molecule has 0 aromatic heterocycles. The summed E-state index contributed by atoms with van der Waals surface area (Å²) in [6.07, 6.45) is 14.4. The SMILES string of the molecule is CCCCCCCCCCCCC#Cc1cccc(F)c1. The molecule has 0 unspecified atom stereocenters. The first-order valence-corrected chi connectivity index (χ1v) is 8.57. The van der Waals surface area contributed by atoms with Gasteiger partial charge in [-0.25, -0.2) is 4.39 Å². The number of hydrogen-bond acceptors (Lipinski definition) is 0.